The molecule has 2 aliphatic rings. The van der Waals surface area contributed by atoms with Crippen molar-refractivity contribution in [1.29, 1.82) is 0 Å². The Morgan fingerprint density at radius 2 is 1.59 bits per heavy atom. The highest BCUT2D eigenvalue weighted by Gasteiger charge is 2.66. The van der Waals surface area contributed by atoms with Crippen LogP contribution in [-0.4, -0.2) is 35.0 Å². The fraction of sp³-hybridized carbons (Fsp3) is 0.846. The Morgan fingerprint density at radius 1 is 1.12 bits per heavy atom. The molecule has 1 N–H and O–H groups in total. The maximum atomic E-state index is 12.3. The van der Waals surface area contributed by atoms with Crippen LogP contribution in [0.4, 0.5) is 0 Å². The van der Waals surface area contributed by atoms with Crippen LogP contribution in [0.25, 0.3) is 0 Å². The number of carbonyl (C=O) groups is 2. The largest absolute Gasteiger partial charge is 0.481 e. The summed E-state index contributed by atoms with van der Waals surface area (Å²) < 4.78 is 0. The van der Waals surface area contributed by atoms with Gasteiger partial charge in [0.15, 0.2) is 0 Å². The molecule has 4 unspecified atom stereocenters. The summed E-state index contributed by atoms with van der Waals surface area (Å²) in [6.45, 7) is 9.59. The minimum Gasteiger partial charge on any atom is -0.481 e. The fourth-order valence-corrected chi connectivity index (χ4v) is 3.07. The van der Waals surface area contributed by atoms with E-state index < -0.39 is 11.9 Å². The molecule has 0 radical (unpaired) electrons. The van der Waals surface area contributed by atoms with Crippen LogP contribution >= 0.6 is 0 Å². The third kappa shape index (κ3) is 1.83. The van der Waals surface area contributed by atoms with E-state index >= 15 is 0 Å². The maximum absolute atomic E-state index is 12.3. The molecule has 4 heteroatoms. The van der Waals surface area contributed by atoms with Gasteiger partial charge in [0.1, 0.15) is 0 Å². The van der Waals surface area contributed by atoms with Gasteiger partial charge in [0.25, 0.3) is 0 Å². The van der Waals surface area contributed by atoms with Crippen molar-refractivity contribution in [2.24, 2.45) is 29.1 Å². The van der Waals surface area contributed by atoms with Gasteiger partial charge >= 0.3 is 5.97 Å². The molecular weight excluding hydrogens is 218 g/mol. The predicted octanol–water partition coefficient (Wildman–Crippen LogP) is 1.46. The van der Waals surface area contributed by atoms with E-state index in [0.29, 0.717) is 11.8 Å². The molecule has 1 aliphatic carbocycles. The highest BCUT2D eigenvalue weighted by Crippen LogP contribution is 2.59. The predicted molar refractivity (Wildman–Crippen MR) is 63.3 cm³/mol. The number of carboxylic acids is 1. The zero-order chi connectivity index (χ0) is 13.0. The number of rotatable bonds is 2. The van der Waals surface area contributed by atoms with Crippen LogP contribution in [0.1, 0.15) is 27.7 Å². The summed E-state index contributed by atoms with van der Waals surface area (Å²) in [4.78, 5) is 25.2. The zero-order valence-electron chi connectivity index (χ0n) is 10.9. The molecule has 1 aliphatic heterocycles. The van der Waals surface area contributed by atoms with Gasteiger partial charge < -0.3 is 10.0 Å². The van der Waals surface area contributed by atoms with Crippen LogP contribution < -0.4 is 0 Å². The Balaban J connectivity index is 2.06. The molecule has 17 heavy (non-hydrogen) atoms. The normalized spacial score (nSPS) is 39.2. The molecule has 2 fully saturated rings. The molecule has 96 valence electrons. The lowest BCUT2D eigenvalue weighted by molar-refractivity contribution is -0.141. The van der Waals surface area contributed by atoms with Gasteiger partial charge in [-0.25, -0.2) is 0 Å². The lowest BCUT2D eigenvalue weighted by atomic mass is 10.0. The number of amides is 1. The molecular formula is C13H21NO3. The molecule has 0 aromatic carbocycles. The van der Waals surface area contributed by atoms with Gasteiger partial charge in [-0.15, -0.1) is 0 Å². The number of carboxylic acid groups (broad SMARTS) is 1. The van der Waals surface area contributed by atoms with E-state index in [1.807, 2.05) is 18.7 Å². The lowest BCUT2D eigenvalue weighted by Gasteiger charge is -2.16. The number of nitrogens with zero attached hydrogens (tertiary/aromatic N) is 1. The number of aliphatic carboxylic acids is 1. The van der Waals surface area contributed by atoms with Crippen LogP contribution in [0, 0.1) is 29.1 Å². The van der Waals surface area contributed by atoms with E-state index in [1.54, 1.807) is 0 Å². The Kier molecular flexibility index (Phi) is 2.71. The Bertz CT molecular complexity index is 354. The first kappa shape index (κ1) is 12.4. The van der Waals surface area contributed by atoms with E-state index in [9.17, 15) is 9.59 Å². The monoisotopic (exact) mass is 239 g/mol. The van der Waals surface area contributed by atoms with Crippen molar-refractivity contribution in [3.05, 3.63) is 0 Å². The lowest BCUT2D eigenvalue weighted by Crippen LogP contribution is -2.32. The van der Waals surface area contributed by atoms with Gasteiger partial charge in [0.05, 0.1) is 11.8 Å². The fourth-order valence-electron chi connectivity index (χ4n) is 3.07. The SMILES string of the molecule is CC1CN(C(=O)C2C(C(=O)O)C2(C)C)CC1C. The number of hydrogen-bond donors (Lipinski definition) is 1. The van der Waals surface area contributed by atoms with Crippen molar-refractivity contribution in [2.45, 2.75) is 27.7 Å². The average Bonchev–Trinajstić information content (AvgIpc) is 2.63. The van der Waals surface area contributed by atoms with Crippen LogP contribution in [0.2, 0.25) is 0 Å². The number of likely N-dealkylation sites (tertiary alicyclic amines) is 1. The van der Waals surface area contributed by atoms with Crippen LogP contribution in [0.5, 0.6) is 0 Å². The molecule has 1 saturated carbocycles. The van der Waals surface area contributed by atoms with Gasteiger partial charge in [-0.3, -0.25) is 9.59 Å². The molecule has 4 nitrogen and oxygen atoms in total. The second-order valence-electron chi connectivity index (χ2n) is 6.31. The van der Waals surface area contributed by atoms with Crippen molar-refractivity contribution in [2.75, 3.05) is 13.1 Å². The molecule has 1 saturated heterocycles. The summed E-state index contributed by atoms with van der Waals surface area (Å²) in [5.41, 5.74) is -0.377. The van der Waals surface area contributed by atoms with Gasteiger partial charge in [-0.1, -0.05) is 27.7 Å². The zero-order valence-corrected chi connectivity index (χ0v) is 10.9. The smallest absolute Gasteiger partial charge is 0.307 e. The second kappa shape index (κ2) is 3.72. The van der Waals surface area contributed by atoms with E-state index in [-0.39, 0.29) is 17.2 Å². The van der Waals surface area contributed by atoms with Crippen molar-refractivity contribution >= 4 is 11.9 Å². The number of hydrogen-bond acceptors (Lipinski definition) is 2. The second-order valence-corrected chi connectivity index (χ2v) is 6.31. The molecule has 1 heterocycles. The van der Waals surface area contributed by atoms with Crippen molar-refractivity contribution < 1.29 is 14.7 Å². The van der Waals surface area contributed by atoms with E-state index in [4.69, 9.17) is 5.11 Å². The third-order valence-corrected chi connectivity index (χ3v) is 4.66. The van der Waals surface area contributed by atoms with Crippen molar-refractivity contribution in [3.63, 3.8) is 0 Å². The van der Waals surface area contributed by atoms with Crippen molar-refractivity contribution in [1.82, 2.24) is 4.90 Å². The standard InChI is InChI=1S/C13H21NO3/c1-7-5-14(6-8(7)2)11(15)9-10(12(16)17)13(9,3)4/h7-10H,5-6H2,1-4H3,(H,16,17). The van der Waals surface area contributed by atoms with Crippen molar-refractivity contribution in [3.8, 4) is 0 Å². The summed E-state index contributed by atoms with van der Waals surface area (Å²) in [5, 5.41) is 9.08. The molecule has 0 aromatic heterocycles. The quantitative estimate of drug-likeness (QED) is 0.793. The highest BCUT2D eigenvalue weighted by molar-refractivity contribution is 5.91. The minimum absolute atomic E-state index is 0.0404. The van der Waals surface area contributed by atoms with Crippen LogP contribution in [0.15, 0.2) is 0 Å². The van der Waals surface area contributed by atoms with E-state index in [0.717, 1.165) is 13.1 Å². The van der Waals surface area contributed by atoms with Gasteiger partial charge in [0.2, 0.25) is 5.91 Å². The highest BCUT2D eigenvalue weighted by atomic mass is 16.4. The number of carbonyl (C=O) groups excluding carboxylic acids is 1. The van der Waals surface area contributed by atoms with Crippen LogP contribution in [-0.2, 0) is 9.59 Å². The Morgan fingerprint density at radius 3 is 1.94 bits per heavy atom. The first-order valence-electron chi connectivity index (χ1n) is 6.28. The summed E-state index contributed by atoms with van der Waals surface area (Å²) in [6, 6.07) is 0. The summed E-state index contributed by atoms with van der Waals surface area (Å²) in [7, 11) is 0. The Labute approximate surface area is 102 Å². The molecule has 4 atom stereocenters. The average molecular weight is 239 g/mol. The molecule has 0 bridgehead atoms. The Hall–Kier alpha value is -1.06. The first-order valence-corrected chi connectivity index (χ1v) is 6.28. The van der Waals surface area contributed by atoms with Gasteiger partial charge in [-0.05, 0) is 17.3 Å². The van der Waals surface area contributed by atoms with Gasteiger partial charge in [0, 0.05) is 13.1 Å². The molecule has 2 rings (SSSR count). The minimum atomic E-state index is -0.839. The molecule has 1 amide bonds. The van der Waals surface area contributed by atoms with Gasteiger partial charge in [-0.2, -0.15) is 0 Å². The third-order valence-electron chi connectivity index (χ3n) is 4.66. The van der Waals surface area contributed by atoms with E-state index in [2.05, 4.69) is 13.8 Å². The topological polar surface area (TPSA) is 57.6 Å². The first-order chi connectivity index (χ1) is 7.76. The summed E-state index contributed by atoms with van der Waals surface area (Å²) in [6.07, 6.45) is 0. The van der Waals surface area contributed by atoms with E-state index in [1.165, 1.54) is 0 Å². The summed E-state index contributed by atoms with van der Waals surface area (Å²) in [5.74, 6) is -0.584. The van der Waals surface area contributed by atoms with Crippen LogP contribution in [0.3, 0.4) is 0 Å². The molecule has 0 aromatic rings. The molecule has 0 spiro atoms. The summed E-state index contributed by atoms with van der Waals surface area (Å²) >= 11 is 0. The maximum Gasteiger partial charge on any atom is 0.307 e.